The van der Waals surface area contributed by atoms with Crippen LogP contribution in [-0.4, -0.2) is 49.2 Å². The number of aromatic nitrogens is 1. The van der Waals surface area contributed by atoms with Crippen molar-refractivity contribution in [3.8, 4) is 17.2 Å². The molecule has 1 amide bonds. The van der Waals surface area contributed by atoms with Crippen LogP contribution in [0, 0.1) is 0 Å². The van der Waals surface area contributed by atoms with Crippen molar-refractivity contribution in [3.63, 3.8) is 0 Å². The molecule has 3 aromatic rings. The summed E-state index contributed by atoms with van der Waals surface area (Å²) in [5.41, 5.74) is 4.17. The maximum Gasteiger partial charge on any atom is 0.270 e. The van der Waals surface area contributed by atoms with Crippen molar-refractivity contribution < 1.29 is 19.0 Å². The molecule has 7 heteroatoms. The molecule has 0 aliphatic carbocycles. The number of pyridine rings is 1. The molecule has 0 bridgehead atoms. The molecule has 1 aliphatic heterocycles. The van der Waals surface area contributed by atoms with Gasteiger partial charge in [0.2, 0.25) is 0 Å². The molecule has 4 rings (SSSR count). The molecule has 178 valence electrons. The largest absolute Gasteiger partial charge is 0.493 e. The molecular weight excluding hydrogens is 430 g/mol. The van der Waals surface area contributed by atoms with Gasteiger partial charge in [-0.1, -0.05) is 18.2 Å². The third kappa shape index (κ3) is 5.85. The maximum atomic E-state index is 12.2. The van der Waals surface area contributed by atoms with E-state index >= 15 is 0 Å². The number of hydrogen-bond donors (Lipinski definition) is 1. The van der Waals surface area contributed by atoms with Crippen molar-refractivity contribution in [1.82, 2.24) is 15.2 Å². The summed E-state index contributed by atoms with van der Waals surface area (Å²) in [5.74, 6) is 2.14. The second-order valence-corrected chi connectivity index (χ2v) is 8.44. The highest BCUT2D eigenvalue weighted by Gasteiger charge is 2.20. The third-order valence-corrected chi connectivity index (χ3v) is 5.89. The third-order valence-electron chi connectivity index (χ3n) is 5.89. The predicted octanol–water partition coefficient (Wildman–Crippen LogP) is 3.85. The van der Waals surface area contributed by atoms with Gasteiger partial charge in [-0.25, -0.2) is 0 Å². The zero-order valence-electron chi connectivity index (χ0n) is 19.9. The summed E-state index contributed by atoms with van der Waals surface area (Å²) in [6, 6.07) is 17.6. The minimum absolute atomic E-state index is 0.174. The van der Waals surface area contributed by atoms with Crippen LogP contribution in [0.4, 0.5) is 0 Å². The van der Waals surface area contributed by atoms with E-state index < -0.39 is 0 Å². The number of hydrogen-bond acceptors (Lipinski definition) is 6. The first-order valence-electron chi connectivity index (χ1n) is 11.5. The van der Waals surface area contributed by atoms with Crippen LogP contribution in [0.5, 0.6) is 17.2 Å². The summed E-state index contributed by atoms with van der Waals surface area (Å²) < 4.78 is 17.0. The number of amides is 1. The standard InChI is InChI=1S/C27H31N3O4/c1-19(16-29-27(31)24-9-4-5-11-28-24)34-23-8-6-7-20(13-23)17-30-12-10-21-14-25(32-2)26(33-3)15-22(21)18-30/h4-9,11,13-15,19H,10,12,16-18H2,1-3H3,(H,29,31)/t19-/m0/s1. The van der Waals surface area contributed by atoms with Crippen molar-refractivity contribution >= 4 is 5.91 Å². The summed E-state index contributed by atoms with van der Waals surface area (Å²) in [7, 11) is 3.34. The molecule has 0 radical (unpaired) electrons. The van der Waals surface area contributed by atoms with Gasteiger partial charge in [-0.3, -0.25) is 14.7 Å². The molecule has 34 heavy (non-hydrogen) atoms. The van der Waals surface area contributed by atoms with E-state index in [-0.39, 0.29) is 12.0 Å². The molecule has 0 saturated carbocycles. The number of nitrogens with zero attached hydrogens (tertiary/aromatic N) is 2. The highest BCUT2D eigenvalue weighted by Crippen LogP contribution is 2.33. The van der Waals surface area contributed by atoms with Crippen molar-refractivity contribution in [1.29, 1.82) is 0 Å². The van der Waals surface area contributed by atoms with E-state index in [1.165, 1.54) is 16.7 Å². The Hall–Kier alpha value is -3.58. The topological polar surface area (TPSA) is 72.9 Å². The van der Waals surface area contributed by atoms with Crippen LogP contribution in [0.15, 0.2) is 60.8 Å². The Morgan fingerprint density at radius 1 is 1.06 bits per heavy atom. The van der Waals surface area contributed by atoms with Gasteiger partial charge in [-0.2, -0.15) is 0 Å². The quantitative estimate of drug-likeness (QED) is 0.522. The monoisotopic (exact) mass is 461 g/mol. The van der Waals surface area contributed by atoms with Crippen molar-refractivity contribution in [2.75, 3.05) is 27.3 Å². The summed E-state index contributed by atoms with van der Waals surface area (Å²) in [4.78, 5) is 18.7. The average molecular weight is 462 g/mol. The summed E-state index contributed by atoms with van der Waals surface area (Å²) in [6.07, 6.45) is 2.40. The Morgan fingerprint density at radius 2 is 1.85 bits per heavy atom. The molecule has 1 aromatic heterocycles. The summed E-state index contributed by atoms with van der Waals surface area (Å²) in [5, 5.41) is 2.87. The van der Waals surface area contributed by atoms with Crippen LogP contribution in [0.25, 0.3) is 0 Å². The van der Waals surface area contributed by atoms with E-state index in [2.05, 4.69) is 39.5 Å². The van der Waals surface area contributed by atoms with Gasteiger partial charge in [0.15, 0.2) is 11.5 Å². The SMILES string of the molecule is COc1cc2c(cc1OC)CN(Cc1cccc(O[C@@H](C)CNC(=O)c3ccccn3)c1)CC2. The summed E-state index contributed by atoms with van der Waals surface area (Å²) >= 11 is 0. The first-order chi connectivity index (χ1) is 16.6. The molecule has 1 atom stereocenters. The van der Waals surface area contributed by atoms with Crippen LogP contribution in [0.2, 0.25) is 0 Å². The Bertz CT molecular complexity index is 1120. The number of carbonyl (C=O) groups is 1. The number of benzene rings is 2. The number of carbonyl (C=O) groups excluding carboxylic acids is 1. The Morgan fingerprint density at radius 3 is 2.59 bits per heavy atom. The number of rotatable bonds is 9. The molecule has 1 aliphatic rings. The number of nitrogens with one attached hydrogen (secondary N) is 1. The van der Waals surface area contributed by atoms with Gasteiger partial charge in [-0.15, -0.1) is 0 Å². The van der Waals surface area contributed by atoms with Crippen molar-refractivity contribution in [3.05, 3.63) is 83.2 Å². The Balaban J connectivity index is 1.33. The lowest BCUT2D eigenvalue weighted by molar-refractivity contribution is 0.0927. The molecule has 0 fully saturated rings. The highest BCUT2D eigenvalue weighted by atomic mass is 16.5. The number of ether oxygens (including phenoxy) is 3. The lowest BCUT2D eigenvalue weighted by Gasteiger charge is -2.29. The minimum atomic E-state index is -0.204. The van der Waals surface area contributed by atoms with E-state index in [4.69, 9.17) is 14.2 Å². The van der Waals surface area contributed by atoms with Gasteiger partial charge < -0.3 is 19.5 Å². The number of methoxy groups -OCH3 is 2. The molecule has 0 saturated heterocycles. The van der Waals surface area contributed by atoms with Gasteiger partial charge in [-0.05, 0) is 66.4 Å². The zero-order chi connectivity index (χ0) is 23.9. The second-order valence-electron chi connectivity index (χ2n) is 8.44. The molecular formula is C27H31N3O4. The normalized spacial score (nSPS) is 14.1. The fourth-order valence-corrected chi connectivity index (χ4v) is 4.15. The minimum Gasteiger partial charge on any atom is -0.493 e. The van der Waals surface area contributed by atoms with Crippen molar-refractivity contribution in [2.45, 2.75) is 32.5 Å². The zero-order valence-corrected chi connectivity index (χ0v) is 19.9. The molecule has 1 N–H and O–H groups in total. The molecule has 7 nitrogen and oxygen atoms in total. The average Bonchev–Trinajstić information content (AvgIpc) is 2.87. The lowest BCUT2D eigenvalue weighted by Crippen LogP contribution is -2.34. The second kappa shape index (κ2) is 11.0. The van der Waals surface area contributed by atoms with E-state index in [1.807, 2.05) is 19.1 Å². The van der Waals surface area contributed by atoms with Crippen LogP contribution < -0.4 is 19.5 Å². The van der Waals surface area contributed by atoms with Gasteiger partial charge in [0.25, 0.3) is 5.91 Å². The fourth-order valence-electron chi connectivity index (χ4n) is 4.15. The highest BCUT2D eigenvalue weighted by molar-refractivity contribution is 5.92. The fraction of sp³-hybridized carbons (Fsp3) is 0.333. The Labute approximate surface area is 200 Å². The summed E-state index contributed by atoms with van der Waals surface area (Å²) in [6.45, 7) is 5.00. The van der Waals surface area contributed by atoms with E-state index in [1.54, 1.807) is 38.6 Å². The van der Waals surface area contributed by atoms with Crippen molar-refractivity contribution in [2.24, 2.45) is 0 Å². The van der Waals surface area contributed by atoms with E-state index in [0.29, 0.717) is 12.2 Å². The van der Waals surface area contributed by atoms with Gasteiger partial charge in [0.1, 0.15) is 17.5 Å². The molecule has 0 spiro atoms. The molecule has 0 unspecified atom stereocenters. The maximum absolute atomic E-state index is 12.2. The number of fused-ring (bicyclic) bond motifs is 1. The van der Waals surface area contributed by atoms with Gasteiger partial charge in [0.05, 0.1) is 20.8 Å². The van der Waals surface area contributed by atoms with E-state index in [9.17, 15) is 4.79 Å². The van der Waals surface area contributed by atoms with E-state index in [0.717, 1.165) is 43.3 Å². The van der Waals surface area contributed by atoms with Crippen LogP contribution >= 0.6 is 0 Å². The predicted molar refractivity (Wildman–Crippen MR) is 130 cm³/mol. The molecule has 2 heterocycles. The van der Waals surface area contributed by atoms with Gasteiger partial charge >= 0.3 is 0 Å². The lowest BCUT2D eigenvalue weighted by atomic mass is 9.98. The van der Waals surface area contributed by atoms with Crippen LogP contribution in [0.1, 0.15) is 34.1 Å². The van der Waals surface area contributed by atoms with Gasteiger partial charge in [0, 0.05) is 25.8 Å². The smallest absolute Gasteiger partial charge is 0.270 e. The molecule has 2 aromatic carbocycles. The van der Waals surface area contributed by atoms with Crippen LogP contribution in [-0.2, 0) is 19.5 Å². The first-order valence-corrected chi connectivity index (χ1v) is 11.5. The van der Waals surface area contributed by atoms with Crippen LogP contribution in [0.3, 0.4) is 0 Å². The first kappa shape index (κ1) is 23.6. The Kier molecular flexibility index (Phi) is 7.65.